The average Bonchev–Trinajstić information content (AvgIpc) is 3.23. The molecular formula is C19H29FN4O. The minimum absolute atomic E-state index is 0.168. The zero-order chi connectivity index (χ0) is 17.9. The summed E-state index contributed by atoms with van der Waals surface area (Å²) in [7, 11) is 0. The molecule has 0 amide bonds. The molecule has 1 unspecified atom stereocenters. The van der Waals surface area contributed by atoms with E-state index < -0.39 is 5.60 Å². The lowest BCUT2D eigenvalue weighted by Crippen LogP contribution is -2.47. The minimum atomic E-state index is -0.729. The Bertz CT molecular complexity index is 683. The largest absolute Gasteiger partial charge is 0.390 e. The molecule has 3 N–H and O–H groups in total. The molecule has 1 aromatic carbocycles. The lowest BCUT2D eigenvalue weighted by Gasteiger charge is -2.39. The van der Waals surface area contributed by atoms with Gasteiger partial charge in [-0.3, -0.25) is 5.84 Å². The molecule has 1 atom stereocenters. The quantitative estimate of drug-likeness (QED) is 0.821. The van der Waals surface area contributed by atoms with Crippen LogP contribution in [0.25, 0.3) is 0 Å². The third kappa shape index (κ3) is 3.00. The highest BCUT2D eigenvalue weighted by Gasteiger charge is 2.38. The predicted octanol–water partition coefficient (Wildman–Crippen LogP) is 2.35. The number of hydrazine groups is 1. The molecule has 1 aliphatic carbocycles. The molecule has 0 aromatic heterocycles. The van der Waals surface area contributed by atoms with Crippen molar-refractivity contribution in [2.75, 3.05) is 29.6 Å². The van der Waals surface area contributed by atoms with E-state index >= 15 is 4.39 Å². The number of rotatable bonds is 3. The van der Waals surface area contributed by atoms with Crippen LogP contribution >= 0.6 is 0 Å². The fourth-order valence-corrected chi connectivity index (χ4v) is 4.49. The molecule has 5 nitrogen and oxygen atoms in total. The van der Waals surface area contributed by atoms with Gasteiger partial charge in [0.2, 0.25) is 0 Å². The molecule has 2 heterocycles. The van der Waals surface area contributed by atoms with Gasteiger partial charge in [0.15, 0.2) is 0 Å². The number of anilines is 2. The molecule has 138 valence electrons. The Labute approximate surface area is 149 Å². The monoisotopic (exact) mass is 348 g/mol. The second-order valence-electron chi connectivity index (χ2n) is 8.51. The van der Waals surface area contributed by atoms with Crippen LogP contribution in [0.4, 0.5) is 15.8 Å². The van der Waals surface area contributed by atoms with Gasteiger partial charge in [0.25, 0.3) is 0 Å². The maximum atomic E-state index is 15.0. The van der Waals surface area contributed by atoms with Gasteiger partial charge in [-0.15, -0.1) is 0 Å². The third-order valence-electron chi connectivity index (χ3n) is 6.03. The first-order valence-electron chi connectivity index (χ1n) is 9.31. The van der Waals surface area contributed by atoms with Crippen LogP contribution in [0.2, 0.25) is 0 Å². The summed E-state index contributed by atoms with van der Waals surface area (Å²) in [5.41, 5.74) is 3.16. The number of benzene rings is 1. The van der Waals surface area contributed by atoms with Gasteiger partial charge in [0, 0.05) is 37.3 Å². The third-order valence-corrected chi connectivity index (χ3v) is 6.03. The van der Waals surface area contributed by atoms with Crippen molar-refractivity contribution < 1.29 is 9.50 Å². The van der Waals surface area contributed by atoms with Crippen LogP contribution in [0, 0.1) is 18.7 Å². The zero-order valence-corrected chi connectivity index (χ0v) is 15.4. The van der Waals surface area contributed by atoms with E-state index in [0.29, 0.717) is 31.5 Å². The maximum absolute atomic E-state index is 15.0. The Morgan fingerprint density at radius 2 is 1.96 bits per heavy atom. The van der Waals surface area contributed by atoms with Gasteiger partial charge >= 0.3 is 0 Å². The molecular weight excluding hydrogens is 319 g/mol. The summed E-state index contributed by atoms with van der Waals surface area (Å²) < 4.78 is 15.0. The standard InChI is InChI=1S/C19H29FN4O/c1-12-17-13(9-23(21)11-24(17)15-4-5-15)8-16(20)18(12)22-7-6-14(10-22)19(2,3)25/h8,14-15,25H,4-7,9-11,21H2,1-3H3. The highest BCUT2D eigenvalue weighted by atomic mass is 19.1. The number of hydrogen-bond donors (Lipinski definition) is 2. The number of nitrogens with zero attached hydrogens (tertiary/aromatic N) is 3. The number of halogens is 1. The Balaban J connectivity index is 1.71. The normalized spacial score (nSPS) is 24.8. The van der Waals surface area contributed by atoms with Crippen LogP contribution in [0.15, 0.2) is 6.07 Å². The molecule has 2 fully saturated rings. The Morgan fingerprint density at radius 1 is 1.24 bits per heavy atom. The molecule has 4 rings (SSSR count). The van der Waals surface area contributed by atoms with Gasteiger partial charge in [0.1, 0.15) is 5.82 Å². The summed E-state index contributed by atoms with van der Waals surface area (Å²) in [6.07, 6.45) is 3.26. The van der Waals surface area contributed by atoms with Crippen LogP contribution in [0.1, 0.15) is 44.2 Å². The van der Waals surface area contributed by atoms with Crippen molar-refractivity contribution in [1.29, 1.82) is 0 Å². The van der Waals surface area contributed by atoms with Gasteiger partial charge in [0.05, 0.1) is 18.0 Å². The van der Waals surface area contributed by atoms with Crippen LogP contribution in [0.3, 0.4) is 0 Å². The van der Waals surface area contributed by atoms with Crippen LogP contribution < -0.4 is 15.6 Å². The van der Waals surface area contributed by atoms with Gasteiger partial charge in [-0.05, 0) is 57.2 Å². The van der Waals surface area contributed by atoms with E-state index in [9.17, 15) is 5.11 Å². The van der Waals surface area contributed by atoms with Crippen molar-refractivity contribution in [1.82, 2.24) is 5.01 Å². The molecule has 6 heteroatoms. The molecule has 1 saturated carbocycles. The lowest BCUT2D eigenvalue weighted by atomic mass is 9.90. The first-order chi connectivity index (χ1) is 11.8. The second kappa shape index (κ2) is 5.83. The molecule has 0 spiro atoms. The summed E-state index contributed by atoms with van der Waals surface area (Å²) in [6, 6.07) is 2.20. The first kappa shape index (κ1) is 17.1. The topological polar surface area (TPSA) is 56.0 Å². The van der Waals surface area contributed by atoms with Crippen molar-refractivity contribution in [3.8, 4) is 0 Å². The summed E-state index contributed by atoms with van der Waals surface area (Å²) in [4.78, 5) is 4.47. The Hall–Kier alpha value is -1.37. The molecule has 3 aliphatic rings. The maximum Gasteiger partial charge on any atom is 0.147 e. The Kier molecular flexibility index (Phi) is 3.98. The zero-order valence-electron chi connectivity index (χ0n) is 15.4. The van der Waals surface area contributed by atoms with E-state index in [1.807, 2.05) is 20.8 Å². The Morgan fingerprint density at radius 3 is 2.56 bits per heavy atom. The van der Waals surface area contributed by atoms with Gasteiger partial charge in [-0.2, -0.15) is 0 Å². The van der Waals surface area contributed by atoms with E-state index in [1.54, 1.807) is 11.1 Å². The fraction of sp³-hybridized carbons (Fsp3) is 0.684. The fourth-order valence-electron chi connectivity index (χ4n) is 4.49. The van der Waals surface area contributed by atoms with E-state index in [1.165, 1.54) is 18.5 Å². The van der Waals surface area contributed by atoms with Crippen LogP contribution in [-0.4, -0.2) is 41.5 Å². The molecule has 2 aliphatic heterocycles. The van der Waals surface area contributed by atoms with E-state index in [2.05, 4.69) is 9.80 Å². The number of fused-ring (bicyclic) bond motifs is 1. The van der Waals surface area contributed by atoms with Crippen molar-refractivity contribution in [3.05, 3.63) is 23.0 Å². The smallest absolute Gasteiger partial charge is 0.147 e. The molecule has 0 radical (unpaired) electrons. The summed E-state index contributed by atoms with van der Waals surface area (Å²) in [5.74, 6) is 6.06. The number of aliphatic hydroxyl groups is 1. The number of nitrogens with two attached hydrogens (primary N) is 1. The second-order valence-corrected chi connectivity index (χ2v) is 8.51. The summed E-state index contributed by atoms with van der Waals surface area (Å²) in [5, 5.41) is 12.1. The van der Waals surface area contributed by atoms with Crippen LogP contribution in [0.5, 0.6) is 0 Å². The molecule has 1 saturated heterocycles. The predicted molar refractivity (Wildman–Crippen MR) is 97.9 cm³/mol. The van der Waals surface area contributed by atoms with Crippen molar-refractivity contribution in [2.45, 2.75) is 58.2 Å². The highest BCUT2D eigenvalue weighted by molar-refractivity contribution is 5.73. The van der Waals surface area contributed by atoms with E-state index in [0.717, 1.165) is 24.1 Å². The van der Waals surface area contributed by atoms with Crippen LogP contribution in [-0.2, 0) is 6.54 Å². The molecule has 0 bridgehead atoms. The molecule has 25 heavy (non-hydrogen) atoms. The van der Waals surface area contributed by atoms with Gasteiger partial charge in [-0.25, -0.2) is 9.40 Å². The van der Waals surface area contributed by atoms with E-state index in [-0.39, 0.29) is 11.7 Å². The summed E-state index contributed by atoms with van der Waals surface area (Å²) in [6.45, 7) is 8.52. The van der Waals surface area contributed by atoms with Crippen molar-refractivity contribution in [2.24, 2.45) is 11.8 Å². The first-order valence-corrected chi connectivity index (χ1v) is 9.31. The van der Waals surface area contributed by atoms with Gasteiger partial charge in [-0.1, -0.05) is 0 Å². The average molecular weight is 348 g/mol. The highest BCUT2D eigenvalue weighted by Crippen LogP contribution is 2.44. The number of hydrogen-bond acceptors (Lipinski definition) is 5. The lowest BCUT2D eigenvalue weighted by molar-refractivity contribution is 0.0263. The summed E-state index contributed by atoms with van der Waals surface area (Å²) >= 11 is 0. The van der Waals surface area contributed by atoms with Gasteiger partial charge < -0.3 is 14.9 Å². The SMILES string of the molecule is Cc1c(N2CCC(C(C)(C)O)C2)c(F)cc2c1N(C1CC1)CN(N)C2. The van der Waals surface area contributed by atoms with Crippen molar-refractivity contribution >= 4 is 11.4 Å². The molecule has 1 aromatic rings. The van der Waals surface area contributed by atoms with E-state index in [4.69, 9.17) is 5.84 Å². The van der Waals surface area contributed by atoms with Crippen molar-refractivity contribution in [3.63, 3.8) is 0 Å². The minimum Gasteiger partial charge on any atom is -0.390 e.